The van der Waals surface area contributed by atoms with Crippen molar-refractivity contribution in [3.05, 3.63) is 54.0 Å². The molecule has 0 fully saturated rings. The number of hydrogen-bond donors (Lipinski definition) is 1. The van der Waals surface area contributed by atoms with E-state index < -0.39 is 18.0 Å². The summed E-state index contributed by atoms with van der Waals surface area (Å²) in [6.07, 6.45) is -4.61. The molecule has 0 spiro atoms. The number of alkyl halides is 3. The first-order valence-corrected chi connectivity index (χ1v) is 6.15. The molecule has 3 rings (SSSR count). The predicted octanol–water partition coefficient (Wildman–Crippen LogP) is 3.20. The minimum absolute atomic E-state index is 0.0867. The summed E-state index contributed by atoms with van der Waals surface area (Å²) in [5.74, 6) is -1.62. The second kappa shape index (κ2) is 5.14. The molecule has 22 heavy (non-hydrogen) atoms. The summed E-state index contributed by atoms with van der Waals surface area (Å²) in [5, 5.41) is 0. The van der Waals surface area contributed by atoms with E-state index in [0.29, 0.717) is 5.75 Å². The third kappa shape index (κ3) is 2.76. The van der Waals surface area contributed by atoms with Crippen LogP contribution in [0.1, 0.15) is 16.3 Å². The Morgan fingerprint density at radius 1 is 1.05 bits per heavy atom. The number of carbonyl (C=O) groups is 1. The molecule has 2 heterocycles. The number of aromatic nitrogens is 3. The molecule has 1 aromatic carbocycles. The summed E-state index contributed by atoms with van der Waals surface area (Å²) < 4.78 is 42.7. The number of imidazole rings is 1. The zero-order valence-electron chi connectivity index (χ0n) is 10.9. The number of ether oxygens (including phenoxy) is 1. The van der Waals surface area contributed by atoms with E-state index in [9.17, 15) is 18.0 Å². The zero-order chi connectivity index (χ0) is 15.7. The van der Waals surface area contributed by atoms with Gasteiger partial charge in [0.15, 0.2) is 11.3 Å². The topological polar surface area (TPSA) is 67.9 Å². The highest BCUT2D eigenvalue weighted by Gasteiger charge is 2.35. The van der Waals surface area contributed by atoms with Gasteiger partial charge in [-0.2, -0.15) is 13.2 Å². The van der Waals surface area contributed by atoms with Gasteiger partial charge in [0.1, 0.15) is 5.75 Å². The number of esters is 1. The number of pyridine rings is 1. The summed E-state index contributed by atoms with van der Waals surface area (Å²) in [7, 11) is 0. The summed E-state index contributed by atoms with van der Waals surface area (Å²) >= 11 is 0. The molecule has 0 unspecified atom stereocenters. The van der Waals surface area contributed by atoms with E-state index in [1.807, 2.05) is 0 Å². The number of nitrogens with zero attached hydrogens (tertiary/aromatic N) is 2. The monoisotopic (exact) mass is 307 g/mol. The van der Waals surface area contributed by atoms with E-state index >= 15 is 0 Å². The normalized spacial score (nSPS) is 11.6. The van der Waals surface area contributed by atoms with Crippen molar-refractivity contribution in [3.8, 4) is 5.75 Å². The van der Waals surface area contributed by atoms with Crippen molar-refractivity contribution >= 4 is 17.1 Å². The van der Waals surface area contributed by atoms with Crippen molar-refractivity contribution in [3.63, 3.8) is 0 Å². The van der Waals surface area contributed by atoms with E-state index in [1.165, 1.54) is 12.1 Å². The highest BCUT2D eigenvalue weighted by Crippen LogP contribution is 2.28. The van der Waals surface area contributed by atoms with Crippen molar-refractivity contribution in [2.24, 2.45) is 0 Å². The van der Waals surface area contributed by atoms with Crippen LogP contribution in [-0.4, -0.2) is 20.9 Å². The number of halogens is 3. The fraction of sp³-hybridized carbons (Fsp3) is 0.0714. The maximum Gasteiger partial charge on any atom is 0.449 e. The Balaban J connectivity index is 1.90. The van der Waals surface area contributed by atoms with E-state index in [2.05, 4.69) is 15.0 Å². The van der Waals surface area contributed by atoms with Gasteiger partial charge in [0, 0.05) is 0 Å². The Morgan fingerprint density at radius 2 is 1.77 bits per heavy atom. The molecule has 0 amide bonds. The van der Waals surface area contributed by atoms with Gasteiger partial charge in [0.2, 0.25) is 5.82 Å². The Bertz CT molecular complexity index is 828. The maximum atomic E-state index is 12.6. The molecule has 0 radical (unpaired) electrons. The number of carbonyl (C=O) groups excluding carboxylic acids is 1. The van der Waals surface area contributed by atoms with Crippen molar-refractivity contribution in [1.29, 1.82) is 0 Å². The van der Waals surface area contributed by atoms with Gasteiger partial charge >= 0.3 is 12.1 Å². The van der Waals surface area contributed by atoms with Crippen LogP contribution in [0.3, 0.4) is 0 Å². The van der Waals surface area contributed by atoms with E-state index in [4.69, 9.17) is 4.74 Å². The van der Waals surface area contributed by atoms with Crippen molar-refractivity contribution in [2.75, 3.05) is 0 Å². The first kappa shape index (κ1) is 14.1. The van der Waals surface area contributed by atoms with Crippen LogP contribution in [0.5, 0.6) is 5.75 Å². The molecule has 5 nitrogen and oxygen atoms in total. The lowest BCUT2D eigenvalue weighted by Crippen LogP contribution is -2.10. The van der Waals surface area contributed by atoms with Gasteiger partial charge in [0.25, 0.3) is 0 Å². The number of hydrogen-bond acceptors (Lipinski definition) is 4. The molecule has 0 bridgehead atoms. The number of rotatable bonds is 2. The number of benzene rings is 1. The largest absolute Gasteiger partial charge is 0.449 e. The summed E-state index contributed by atoms with van der Waals surface area (Å²) in [6.45, 7) is 0. The minimum Gasteiger partial charge on any atom is -0.422 e. The third-order valence-corrected chi connectivity index (χ3v) is 2.78. The smallest absolute Gasteiger partial charge is 0.422 e. The van der Waals surface area contributed by atoms with Crippen LogP contribution in [0, 0.1) is 0 Å². The molecule has 0 aliphatic carbocycles. The highest BCUT2D eigenvalue weighted by molar-refractivity contribution is 5.91. The first-order chi connectivity index (χ1) is 10.4. The zero-order valence-corrected chi connectivity index (χ0v) is 10.9. The lowest BCUT2D eigenvalue weighted by molar-refractivity contribution is -0.144. The maximum absolute atomic E-state index is 12.6. The number of H-pyrrole nitrogens is 1. The summed E-state index contributed by atoms with van der Waals surface area (Å²) in [6, 6.07) is 10.8. The van der Waals surface area contributed by atoms with E-state index in [-0.39, 0.29) is 16.9 Å². The van der Waals surface area contributed by atoms with Crippen LogP contribution < -0.4 is 4.74 Å². The Morgan fingerprint density at radius 3 is 2.45 bits per heavy atom. The molecule has 0 atom stereocenters. The lowest BCUT2D eigenvalue weighted by atomic mass is 10.3. The molecule has 0 aliphatic heterocycles. The van der Waals surface area contributed by atoms with Gasteiger partial charge in [-0.3, -0.25) is 0 Å². The predicted molar refractivity (Wildman–Crippen MR) is 70.3 cm³/mol. The molecule has 8 heteroatoms. The molecule has 1 N–H and O–H groups in total. The van der Waals surface area contributed by atoms with Crippen molar-refractivity contribution < 1.29 is 22.7 Å². The second-order valence-electron chi connectivity index (χ2n) is 4.35. The molecule has 3 aromatic rings. The first-order valence-electron chi connectivity index (χ1n) is 6.15. The van der Waals surface area contributed by atoms with Crippen LogP contribution >= 0.6 is 0 Å². The molecule has 112 valence electrons. The van der Waals surface area contributed by atoms with Gasteiger partial charge in [-0.1, -0.05) is 18.2 Å². The lowest BCUT2D eigenvalue weighted by Gasteiger charge is -2.02. The van der Waals surface area contributed by atoms with Gasteiger partial charge in [-0.05, 0) is 24.3 Å². The molecular weight excluding hydrogens is 299 g/mol. The number of aromatic amines is 1. The molecule has 0 aliphatic rings. The standard InChI is InChI=1S/C14H8F3N3O2/c15-14(16,17)13-19-9-6-7-10(18-11(9)20-13)12(21)22-8-4-2-1-3-5-8/h1-7H,(H,18,19,20). The number of nitrogens with one attached hydrogen (secondary N) is 1. The fourth-order valence-electron chi connectivity index (χ4n) is 1.79. The Kier molecular flexibility index (Phi) is 3.28. The minimum atomic E-state index is -4.61. The fourth-order valence-corrected chi connectivity index (χ4v) is 1.79. The quantitative estimate of drug-likeness (QED) is 0.583. The van der Waals surface area contributed by atoms with Gasteiger partial charge in [-0.25, -0.2) is 14.8 Å². The number of fused-ring (bicyclic) bond motifs is 1. The van der Waals surface area contributed by atoms with Crippen LogP contribution in [0.4, 0.5) is 13.2 Å². The van der Waals surface area contributed by atoms with Crippen molar-refractivity contribution in [1.82, 2.24) is 15.0 Å². The molecule has 0 saturated heterocycles. The SMILES string of the molecule is O=C(Oc1ccccc1)c1ccc2[nH]c(C(F)(F)F)nc2n1. The average Bonchev–Trinajstić information content (AvgIpc) is 2.91. The molecule has 0 saturated carbocycles. The highest BCUT2D eigenvalue weighted by atomic mass is 19.4. The average molecular weight is 307 g/mol. The number of para-hydroxylation sites is 1. The third-order valence-electron chi connectivity index (χ3n) is 2.78. The Labute approximate surface area is 121 Å². The van der Waals surface area contributed by atoms with E-state index in [1.54, 1.807) is 30.3 Å². The van der Waals surface area contributed by atoms with Crippen LogP contribution in [0.25, 0.3) is 11.2 Å². The van der Waals surface area contributed by atoms with Crippen LogP contribution in [0.15, 0.2) is 42.5 Å². The van der Waals surface area contributed by atoms with Gasteiger partial charge in [0.05, 0.1) is 5.52 Å². The second-order valence-corrected chi connectivity index (χ2v) is 4.35. The van der Waals surface area contributed by atoms with Gasteiger partial charge in [-0.15, -0.1) is 0 Å². The summed E-state index contributed by atoms with van der Waals surface area (Å²) in [4.78, 5) is 21.1. The van der Waals surface area contributed by atoms with Crippen molar-refractivity contribution in [2.45, 2.75) is 6.18 Å². The molecule has 2 aromatic heterocycles. The van der Waals surface area contributed by atoms with E-state index in [0.717, 1.165) is 0 Å². The molecular formula is C14H8F3N3O2. The summed E-state index contributed by atoms with van der Waals surface area (Å²) in [5.41, 5.74) is -0.241. The van der Waals surface area contributed by atoms with Crippen LogP contribution in [-0.2, 0) is 6.18 Å². The van der Waals surface area contributed by atoms with Crippen LogP contribution in [0.2, 0.25) is 0 Å². The van der Waals surface area contributed by atoms with Gasteiger partial charge < -0.3 is 9.72 Å². The Hall–Kier alpha value is -2.90.